The van der Waals surface area contributed by atoms with Crippen LogP contribution in [0.15, 0.2) is 42.6 Å². The highest BCUT2D eigenvalue weighted by Gasteiger charge is 2.13. The van der Waals surface area contributed by atoms with E-state index in [0.717, 1.165) is 48.9 Å². The quantitative estimate of drug-likeness (QED) is 0.927. The fourth-order valence-corrected chi connectivity index (χ4v) is 2.22. The molecule has 0 saturated carbocycles. The molecule has 1 aromatic carbocycles. The number of nitrogens with one attached hydrogen (secondary N) is 1. The molecule has 2 heterocycles. The highest BCUT2D eigenvalue weighted by molar-refractivity contribution is 5.47. The summed E-state index contributed by atoms with van der Waals surface area (Å²) in [4.78, 5) is 4.29. The molecular formula is C16H18N2O2. The number of hydrogen-bond donors (Lipinski definition) is 1. The summed E-state index contributed by atoms with van der Waals surface area (Å²) >= 11 is 0. The third-order valence-electron chi connectivity index (χ3n) is 3.20. The molecule has 1 aliphatic heterocycles. The van der Waals surface area contributed by atoms with Gasteiger partial charge in [0.05, 0.1) is 18.9 Å². The molecule has 0 fully saturated rings. The second kappa shape index (κ2) is 6.39. The summed E-state index contributed by atoms with van der Waals surface area (Å²) in [7, 11) is 0. The number of pyridine rings is 1. The van der Waals surface area contributed by atoms with Gasteiger partial charge in [0.25, 0.3) is 0 Å². The van der Waals surface area contributed by atoms with Crippen molar-refractivity contribution < 1.29 is 9.47 Å². The van der Waals surface area contributed by atoms with E-state index in [4.69, 9.17) is 9.47 Å². The van der Waals surface area contributed by atoms with Crippen molar-refractivity contribution in [3.63, 3.8) is 0 Å². The number of hydrogen-bond acceptors (Lipinski definition) is 4. The lowest BCUT2D eigenvalue weighted by molar-refractivity contribution is 0.296. The minimum Gasteiger partial charge on any atom is -0.490 e. The first-order chi connectivity index (χ1) is 9.93. The minimum absolute atomic E-state index is 0.713. The van der Waals surface area contributed by atoms with Gasteiger partial charge in [-0.3, -0.25) is 4.98 Å². The van der Waals surface area contributed by atoms with Gasteiger partial charge in [0.1, 0.15) is 0 Å². The molecular weight excluding hydrogens is 252 g/mol. The van der Waals surface area contributed by atoms with Gasteiger partial charge in [-0.05, 0) is 18.2 Å². The Labute approximate surface area is 118 Å². The third-order valence-corrected chi connectivity index (χ3v) is 3.20. The molecule has 4 nitrogen and oxygen atoms in total. The van der Waals surface area contributed by atoms with Crippen LogP contribution in [-0.4, -0.2) is 18.2 Å². The van der Waals surface area contributed by atoms with Gasteiger partial charge in [-0.1, -0.05) is 18.2 Å². The van der Waals surface area contributed by atoms with Crippen LogP contribution >= 0.6 is 0 Å². The van der Waals surface area contributed by atoms with Crippen LogP contribution in [0.2, 0.25) is 0 Å². The summed E-state index contributed by atoms with van der Waals surface area (Å²) in [6, 6.07) is 12.0. The second-order valence-electron chi connectivity index (χ2n) is 4.72. The smallest absolute Gasteiger partial charge is 0.165 e. The molecule has 0 saturated heterocycles. The third kappa shape index (κ3) is 3.08. The molecule has 0 radical (unpaired) electrons. The Morgan fingerprint density at radius 1 is 1.00 bits per heavy atom. The topological polar surface area (TPSA) is 43.4 Å². The Kier molecular flexibility index (Phi) is 4.13. The largest absolute Gasteiger partial charge is 0.490 e. The van der Waals surface area contributed by atoms with Crippen molar-refractivity contribution in [1.82, 2.24) is 10.3 Å². The fourth-order valence-electron chi connectivity index (χ4n) is 2.22. The van der Waals surface area contributed by atoms with Crippen molar-refractivity contribution in [2.24, 2.45) is 0 Å². The summed E-state index contributed by atoms with van der Waals surface area (Å²) in [5, 5.41) is 3.39. The average Bonchev–Trinajstić information content (AvgIpc) is 2.74. The Bertz CT molecular complexity index is 558. The van der Waals surface area contributed by atoms with Crippen LogP contribution in [0.1, 0.15) is 17.7 Å². The molecule has 0 amide bonds. The highest BCUT2D eigenvalue weighted by Crippen LogP contribution is 2.33. The summed E-state index contributed by atoms with van der Waals surface area (Å²) < 4.78 is 11.5. The van der Waals surface area contributed by atoms with E-state index in [2.05, 4.69) is 16.4 Å². The average molecular weight is 270 g/mol. The van der Waals surface area contributed by atoms with E-state index in [1.54, 1.807) is 0 Å². The van der Waals surface area contributed by atoms with Crippen LogP contribution in [-0.2, 0) is 13.1 Å². The Morgan fingerprint density at radius 2 is 1.95 bits per heavy atom. The molecule has 1 aliphatic rings. The van der Waals surface area contributed by atoms with Gasteiger partial charge in [-0.25, -0.2) is 0 Å². The normalized spacial score (nSPS) is 13.8. The molecule has 0 atom stereocenters. The number of fused-ring (bicyclic) bond motifs is 1. The second-order valence-corrected chi connectivity index (χ2v) is 4.72. The summed E-state index contributed by atoms with van der Waals surface area (Å²) in [5.74, 6) is 1.72. The van der Waals surface area contributed by atoms with Gasteiger partial charge >= 0.3 is 0 Å². The summed E-state index contributed by atoms with van der Waals surface area (Å²) in [6.07, 6.45) is 2.73. The predicted octanol–water partition coefficient (Wildman–Crippen LogP) is 2.53. The van der Waals surface area contributed by atoms with Gasteiger partial charge < -0.3 is 14.8 Å². The standard InChI is InChI=1S/C16H18N2O2/c1-2-8-18-14(6-1)12-17-11-13-5-3-7-15-16(13)20-10-4-9-19-15/h1-3,5-8,17H,4,9-12H2. The number of rotatable bonds is 4. The molecule has 3 rings (SSSR count). The van der Waals surface area contributed by atoms with Gasteiger partial charge in [0.2, 0.25) is 0 Å². The van der Waals surface area contributed by atoms with Gasteiger partial charge in [0.15, 0.2) is 11.5 Å². The van der Waals surface area contributed by atoms with Crippen LogP contribution in [0, 0.1) is 0 Å². The lowest BCUT2D eigenvalue weighted by Gasteiger charge is -2.12. The van der Waals surface area contributed by atoms with E-state index < -0.39 is 0 Å². The van der Waals surface area contributed by atoms with E-state index in [-0.39, 0.29) is 0 Å². The van der Waals surface area contributed by atoms with Gasteiger partial charge in [-0.15, -0.1) is 0 Å². The molecule has 104 valence electrons. The van der Waals surface area contributed by atoms with Crippen molar-refractivity contribution in [2.75, 3.05) is 13.2 Å². The van der Waals surface area contributed by atoms with Gasteiger partial charge in [-0.2, -0.15) is 0 Å². The fraction of sp³-hybridized carbons (Fsp3) is 0.312. The number of ether oxygens (including phenoxy) is 2. The van der Waals surface area contributed by atoms with Crippen LogP contribution in [0.3, 0.4) is 0 Å². The molecule has 20 heavy (non-hydrogen) atoms. The number of benzene rings is 1. The number of nitrogens with zero attached hydrogens (tertiary/aromatic N) is 1. The molecule has 0 unspecified atom stereocenters. The van der Waals surface area contributed by atoms with Crippen molar-refractivity contribution in [1.29, 1.82) is 0 Å². The first kappa shape index (κ1) is 12.9. The lowest BCUT2D eigenvalue weighted by Crippen LogP contribution is -2.14. The maximum atomic E-state index is 5.80. The van der Waals surface area contributed by atoms with Crippen molar-refractivity contribution >= 4 is 0 Å². The molecule has 4 heteroatoms. The summed E-state index contributed by atoms with van der Waals surface area (Å²) in [5.41, 5.74) is 2.16. The zero-order chi connectivity index (χ0) is 13.6. The van der Waals surface area contributed by atoms with Crippen LogP contribution in [0.4, 0.5) is 0 Å². The van der Waals surface area contributed by atoms with E-state index in [0.29, 0.717) is 6.61 Å². The molecule has 0 aliphatic carbocycles. The van der Waals surface area contributed by atoms with E-state index in [1.807, 2.05) is 36.5 Å². The molecule has 0 bridgehead atoms. The molecule has 2 aromatic rings. The molecule has 0 spiro atoms. The number of aromatic nitrogens is 1. The predicted molar refractivity (Wildman–Crippen MR) is 76.8 cm³/mol. The maximum Gasteiger partial charge on any atom is 0.165 e. The molecule has 1 N–H and O–H groups in total. The molecule has 1 aromatic heterocycles. The van der Waals surface area contributed by atoms with Crippen molar-refractivity contribution in [3.05, 3.63) is 53.9 Å². The van der Waals surface area contributed by atoms with E-state index >= 15 is 0 Å². The maximum absolute atomic E-state index is 5.80. The Hall–Kier alpha value is -2.07. The van der Waals surface area contributed by atoms with Crippen LogP contribution in [0.5, 0.6) is 11.5 Å². The van der Waals surface area contributed by atoms with Crippen molar-refractivity contribution in [2.45, 2.75) is 19.5 Å². The minimum atomic E-state index is 0.713. The van der Waals surface area contributed by atoms with E-state index in [9.17, 15) is 0 Å². The Morgan fingerprint density at radius 3 is 2.85 bits per heavy atom. The van der Waals surface area contributed by atoms with E-state index in [1.165, 1.54) is 0 Å². The van der Waals surface area contributed by atoms with Gasteiger partial charge in [0, 0.05) is 31.3 Å². The summed E-state index contributed by atoms with van der Waals surface area (Å²) in [6.45, 7) is 2.91. The Balaban J connectivity index is 1.66. The first-order valence-electron chi connectivity index (χ1n) is 6.91. The SMILES string of the molecule is c1ccc(CNCc2cccc3c2OCCCO3)nc1. The zero-order valence-electron chi connectivity index (χ0n) is 11.3. The zero-order valence-corrected chi connectivity index (χ0v) is 11.3. The first-order valence-corrected chi connectivity index (χ1v) is 6.91. The lowest BCUT2D eigenvalue weighted by atomic mass is 10.2. The van der Waals surface area contributed by atoms with Crippen LogP contribution < -0.4 is 14.8 Å². The monoisotopic (exact) mass is 270 g/mol. The van der Waals surface area contributed by atoms with Crippen LogP contribution in [0.25, 0.3) is 0 Å². The van der Waals surface area contributed by atoms with Crippen molar-refractivity contribution in [3.8, 4) is 11.5 Å². The number of para-hydroxylation sites is 1. The highest BCUT2D eigenvalue weighted by atomic mass is 16.5.